The van der Waals surface area contributed by atoms with Crippen molar-refractivity contribution >= 4 is 15.9 Å². The maximum Gasteiger partial charge on any atom is 0.251 e. The van der Waals surface area contributed by atoms with Crippen LogP contribution in [-0.2, 0) is 19.5 Å². The summed E-state index contributed by atoms with van der Waals surface area (Å²) < 4.78 is 37.6. The highest BCUT2D eigenvalue weighted by molar-refractivity contribution is 7.89. The van der Waals surface area contributed by atoms with Gasteiger partial charge < -0.3 is 14.8 Å². The van der Waals surface area contributed by atoms with Gasteiger partial charge in [-0.15, -0.1) is 6.42 Å². The first-order valence-corrected chi connectivity index (χ1v) is 9.98. The molecule has 1 aromatic carbocycles. The topological polar surface area (TPSA) is 93.7 Å². The average molecular weight is 378 g/mol. The van der Waals surface area contributed by atoms with Crippen LogP contribution >= 0.6 is 0 Å². The van der Waals surface area contributed by atoms with Crippen molar-refractivity contribution in [2.75, 3.05) is 26.4 Å². The summed E-state index contributed by atoms with van der Waals surface area (Å²) in [6.07, 6.45) is 7.38. The van der Waals surface area contributed by atoms with E-state index < -0.39 is 10.0 Å². The second kappa shape index (κ2) is 7.76. The van der Waals surface area contributed by atoms with Crippen molar-refractivity contribution in [1.29, 1.82) is 0 Å². The smallest absolute Gasteiger partial charge is 0.251 e. The lowest BCUT2D eigenvalue weighted by Crippen LogP contribution is -2.49. The number of rotatable bonds is 5. The van der Waals surface area contributed by atoms with E-state index in [9.17, 15) is 13.2 Å². The fourth-order valence-corrected chi connectivity index (χ4v) is 4.22. The van der Waals surface area contributed by atoms with Crippen LogP contribution < -0.4 is 10.0 Å². The van der Waals surface area contributed by atoms with Gasteiger partial charge in [-0.1, -0.05) is 5.92 Å². The summed E-state index contributed by atoms with van der Waals surface area (Å²) in [5.41, 5.74) is 0.126. The number of carbonyl (C=O) groups is 1. The van der Waals surface area contributed by atoms with Crippen molar-refractivity contribution in [2.24, 2.45) is 0 Å². The lowest BCUT2D eigenvalue weighted by molar-refractivity contribution is -0.0881. The first-order chi connectivity index (χ1) is 12.4. The lowest BCUT2D eigenvalue weighted by Gasteiger charge is -2.37. The van der Waals surface area contributed by atoms with Gasteiger partial charge in [-0.05, 0) is 37.1 Å². The minimum absolute atomic E-state index is 0.0126. The van der Waals surface area contributed by atoms with Gasteiger partial charge in [-0.25, -0.2) is 8.42 Å². The zero-order valence-electron chi connectivity index (χ0n) is 14.4. The number of sulfonamides is 1. The van der Waals surface area contributed by atoms with Crippen molar-refractivity contribution < 1.29 is 22.7 Å². The highest BCUT2D eigenvalue weighted by atomic mass is 32.2. The second-order valence-electron chi connectivity index (χ2n) is 6.55. The minimum Gasteiger partial charge on any atom is -0.378 e. The standard InChI is InChI=1S/C18H22N2O5S/c1-2-9-19-26(22,23)16-5-3-14(4-6-16)17(21)20-15-7-10-25-18(12-15)8-11-24-13-18/h1,3-6,15,19H,7-13H2,(H,20,21)/t15-,18+/m0/s1. The molecule has 0 unspecified atom stereocenters. The van der Waals surface area contributed by atoms with Crippen LogP contribution in [0.1, 0.15) is 29.6 Å². The van der Waals surface area contributed by atoms with Gasteiger partial charge in [0.15, 0.2) is 0 Å². The van der Waals surface area contributed by atoms with E-state index in [4.69, 9.17) is 15.9 Å². The van der Waals surface area contributed by atoms with Crippen molar-refractivity contribution in [1.82, 2.24) is 10.0 Å². The van der Waals surface area contributed by atoms with Crippen LogP contribution in [0.3, 0.4) is 0 Å². The van der Waals surface area contributed by atoms with Gasteiger partial charge in [0.1, 0.15) is 0 Å². The Morgan fingerprint density at radius 3 is 2.73 bits per heavy atom. The first kappa shape index (κ1) is 18.9. The summed E-state index contributed by atoms with van der Waals surface area (Å²) >= 11 is 0. The Morgan fingerprint density at radius 1 is 1.31 bits per heavy atom. The Bertz CT molecular complexity index is 792. The summed E-state index contributed by atoms with van der Waals surface area (Å²) in [4.78, 5) is 12.5. The third-order valence-corrected chi connectivity index (χ3v) is 6.10. The fourth-order valence-electron chi connectivity index (χ4n) is 3.29. The van der Waals surface area contributed by atoms with E-state index in [0.717, 1.165) is 19.3 Å². The molecule has 2 N–H and O–H groups in total. The summed E-state index contributed by atoms with van der Waals surface area (Å²) in [7, 11) is -3.66. The van der Waals surface area contributed by atoms with E-state index >= 15 is 0 Å². The number of carbonyl (C=O) groups excluding carboxylic acids is 1. The maximum absolute atomic E-state index is 12.5. The molecule has 1 amide bonds. The molecule has 2 aliphatic heterocycles. The lowest BCUT2D eigenvalue weighted by atomic mass is 9.89. The largest absolute Gasteiger partial charge is 0.378 e. The molecule has 7 nitrogen and oxygen atoms in total. The first-order valence-electron chi connectivity index (χ1n) is 8.50. The molecule has 0 aromatic heterocycles. The number of hydrogen-bond donors (Lipinski definition) is 2. The molecule has 0 aliphatic carbocycles. The Morgan fingerprint density at radius 2 is 2.08 bits per heavy atom. The Hall–Kier alpha value is -1.92. The van der Waals surface area contributed by atoms with Gasteiger partial charge in [0.2, 0.25) is 10.0 Å². The van der Waals surface area contributed by atoms with Crippen molar-refractivity contribution in [3.63, 3.8) is 0 Å². The van der Waals surface area contributed by atoms with E-state index in [2.05, 4.69) is 16.0 Å². The molecule has 2 aliphatic rings. The normalized spacial score (nSPS) is 25.7. The number of terminal acetylenes is 1. The molecule has 26 heavy (non-hydrogen) atoms. The predicted molar refractivity (Wildman–Crippen MR) is 95.1 cm³/mol. The van der Waals surface area contributed by atoms with Gasteiger partial charge >= 0.3 is 0 Å². The highest BCUT2D eigenvalue weighted by Crippen LogP contribution is 2.32. The molecule has 8 heteroatoms. The molecule has 2 fully saturated rings. The number of amides is 1. The minimum atomic E-state index is -3.66. The van der Waals surface area contributed by atoms with Crippen LogP contribution in [0.15, 0.2) is 29.2 Å². The van der Waals surface area contributed by atoms with Crippen molar-refractivity contribution in [3.05, 3.63) is 29.8 Å². The van der Waals surface area contributed by atoms with Crippen LogP contribution in [0, 0.1) is 12.3 Å². The van der Waals surface area contributed by atoms with Gasteiger partial charge in [-0.3, -0.25) is 4.79 Å². The highest BCUT2D eigenvalue weighted by Gasteiger charge is 2.41. The SMILES string of the molecule is C#CCNS(=O)(=O)c1ccc(C(=O)N[C@H]2CCO[C@]3(CCOC3)C2)cc1. The van der Waals surface area contributed by atoms with Gasteiger partial charge in [0, 0.05) is 31.2 Å². The molecular weight excluding hydrogens is 356 g/mol. The zero-order chi connectivity index (χ0) is 18.6. The number of benzene rings is 1. The summed E-state index contributed by atoms with van der Waals surface area (Å²) in [5.74, 6) is 1.99. The Kier molecular flexibility index (Phi) is 5.63. The zero-order valence-corrected chi connectivity index (χ0v) is 15.2. The molecule has 0 saturated carbocycles. The number of nitrogens with one attached hydrogen (secondary N) is 2. The Balaban J connectivity index is 1.62. The molecular formula is C18H22N2O5S. The quantitative estimate of drug-likeness (QED) is 0.735. The van der Waals surface area contributed by atoms with E-state index in [1.165, 1.54) is 24.3 Å². The molecule has 2 heterocycles. The molecule has 0 bridgehead atoms. The Labute approximate surface area is 153 Å². The van der Waals surface area contributed by atoms with Crippen LogP contribution in [0.5, 0.6) is 0 Å². The molecule has 1 spiro atoms. The van der Waals surface area contributed by atoms with Gasteiger partial charge in [-0.2, -0.15) is 4.72 Å². The second-order valence-corrected chi connectivity index (χ2v) is 8.32. The molecule has 1 aromatic rings. The third kappa shape index (κ3) is 4.24. The fraction of sp³-hybridized carbons (Fsp3) is 0.500. The van der Waals surface area contributed by atoms with E-state index in [1.54, 1.807) is 0 Å². The van der Waals surface area contributed by atoms with E-state index in [0.29, 0.717) is 25.4 Å². The average Bonchev–Trinajstić information content (AvgIpc) is 3.07. The van der Waals surface area contributed by atoms with Crippen LogP contribution in [0.4, 0.5) is 0 Å². The third-order valence-electron chi connectivity index (χ3n) is 4.69. The summed E-state index contributed by atoms with van der Waals surface area (Å²) in [6.45, 7) is 1.76. The van der Waals surface area contributed by atoms with Gasteiger partial charge in [0.05, 0.1) is 23.6 Å². The molecule has 2 atom stereocenters. The van der Waals surface area contributed by atoms with E-state index in [-0.39, 0.29) is 29.0 Å². The summed E-state index contributed by atoms with van der Waals surface area (Å²) in [5, 5.41) is 3.01. The van der Waals surface area contributed by atoms with Crippen LogP contribution in [0.2, 0.25) is 0 Å². The molecule has 140 valence electrons. The molecule has 3 rings (SSSR count). The van der Waals surface area contributed by atoms with E-state index in [1.807, 2.05) is 0 Å². The van der Waals surface area contributed by atoms with Crippen molar-refractivity contribution in [2.45, 2.75) is 35.8 Å². The number of hydrogen-bond acceptors (Lipinski definition) is 5. The predicted octanol–water partition coefficient (Wildman–Crippen LogP) is 0.666. The van der Waals surface area contributed by atoms with Gasteiger partial charge in [0.25, 0.3) is 5.91 Å². The molecule has 2 saturated heterocycles. The maximum atomic E-state index is 12.5. The summed E-state index contributed by atoms with van der Waals surface area (Å²) in [6, 6.07) is 5.79. The number of ether oxygens (including phenoxy) is 2. The van der Waals surface area contributed by atoms with Crippen LogP contribution in [-0.4, -0.2) is 52.3 Å². The van der Waals surface area contributed by atoms with Crippen molar-refractivity contribution in [3.8, 4) is 12.3 Å². The monoisotopic (exact) mass is 378 g/mol. The molecule has 0 radical (unpaired) electrons. The van der Waals surface area contributed by atoms with Crippen LogP contribution in [0.25, 0.3) is 0 Å².